The first-order valence-electron chi connectivity index (χ1n) is 6.83. The van der Waals surface area contributed by atoms with Crippen molar-refractivity contribution in [2.45, 2.75) is 30.3 Å². The smallest absolute Gasteiger partial charge is 0.470 e. The summed E-state index contributed by atoms with van der Waals surface area (Å²) in [4.78, 5) is 21.2. The molecular formula is C15H10F8O4. The van der Waals surface area contributed by atoms with Crippen LogP contribution in [0.5, 0.6) is 0 Å². The van der Waals surface area contributed by atoms with E-state index in [4.69, 9.17) is 5.11 Å². The molecule has 0 spiro atoms. The minimum Gasteiger partial charge on any atom is -0.478 e. The van der Waals surface area contributed by atoms with Gasteiger partial charge in [0.15, 0.2) is 0 Å². The molecule has 0 bridgehead atoms. The third kappa shape index (κ3) is 5.17. The Hall–Kier alpha value is -2.66. The molecular weight excluding hydrogens is 396 g/mol. The SMILES string of the molecule is O=C(O)/C=C/C(=O)OC(F)(F)C(F)(F)C(F)(CC(F)(F)F)c1ccccc1. The first kappa shape index (κ1) is 22.4. The molecule has 1 aromatic carbocycles. The lowest BCUT2D eigenvalue weighted by Crippen LogP contribution is -2.57. The number of rotatable bonds is 7. The van der Waals surface area contributed by atoms with Crippen LogP contribution >= 0.6 is 0 Å². The number of benzene rings is 1. The van der Waals surface area contributed by atoms with Gasteiger partial charge in [0.25, 0.3) is 0 Å². The molecule has 0 heterocycles. The molecule has 0 aliphatic heterocycles. The topological polar surface area (TPSA) is 63.6 Å². The van der Waals surface area contributed by atoms with Crippen LogP contribution in [0, 0.1) is 0 Å². The normalized spacial score (nSPS) is 15.4. The van der Waals surface area contributed by atoms with Crippen molar-refractivity contribution in [1.29, 1.82) is 0 Å². The first-order valence-corrected chi connectivity index (χ1v) is 6.83. The highest BCUT2D eigenvalue weighted by Crippen LogP contribution is 2.54. The van der Waals surface area contributed by atoms with Gasteiger partial charge >= 0.3 is 30.1 Å². The number of halogens is 8. The van der Waals surface area contributed by atoms with Crippen molar-refractivity contribution < 1.29 is 54.6 Å². The molecule has 1 unspecified atom stereocenters. The van der Waals surface area contributed by atoms with Crippen LogP contribution in [0.25, 0.3) is 0 Å². The van der Waals surface area contributed by atoms with Gasteiger partial charge in [-0.05, 0) is 5.56 Å². The third-order valence-electron chi connectivity index (χ3n) is 3.13. The molecule has 1 aromatic rings. The number of carbonyl (C=O) groups is 2. The minimum absolute atomic E-state index is 0.0494. The van der Waals surface area contributed by atoms with Crippen LogP contribution < -0.4 is 0 Å². The number of alkyl halides is 8. The number of carboxylic acids is 1. The number of carboxylic acid groups (broad SMARTS) is 1. The van der Waals surface area contributed by atoms with Gasteiger partial charge in [-0.1, -0.05) is 30.3 Å². The van der Waals surface area contributed by atoms with Crippen LogP contribution in [0.15, 0.2) is 42.5 Å². The van der Waals surface area contributed by atoms with Crippen molar-refractivity contribution in [3.05, 3.63) is 48.0 Å². The van der Waals surface area contributed by atoms with Crippen molar-refractivity contribution in [3.8, 4) is 0 Å². The van der Waals surface area contributed by atoms with E-state index in [-0.39, 0.29) is 12.2 Å². The monoisotopic (exact) mass is 406 g/mol. The Kier molecular flexibility index (Phi) is 6.24. The molecule has 1 atom stereocenters. The van der Waals surface area contributed by atoms with E-state index in [1.54, 1.807) is 0 Å². The fourth-order valence-corrected chi connectivity index (χ4v) is 1.97. The molecule has 12 heteroatoms. The number of esters is 1. The summed E-state index contributed by atoms with van der Waals surface area (Å²) < 4.78 is 112. The molecule has 0 amide bonds. The van der Waals surface area contributed by atoms with E-state index in [2.05, 4.69) is 4.74 Å². The van der Waals surface area contributed by atoms with Crippen LogP contribution in [0.1, 0.15) is 12.0 Å². The quantitative estimate of drug-likeness (QED) is 0.419. The Morgan fingerprint density at radius 3 is 1.89 bits per heavy atom. The fourth-order valence-electron chi connectivity index (χ4n) is 1.97. The van der Waals surface area contributed by atoms with Gasteiger partial charge in [0.05, 0.1) is 6.42 Å². The third-order valence-corrected chi connectivity index (χ3v) is 3.13. The van der Waals surface area contributed by atoms with E-state index in [0.717, 1.165) is 18.2 Å². The maximum Gasteiger partial charge on any atom is 0.470 e. The van der Waals surface area contributed by atoms with Crippen molar-refractivity contribution in [2.24, 2.45) is 0 Å². The summed E-state index contributed by atoms with van der Waals surface area (Å²) in [7, 11) is 0. The molecule has 0 fully saturated rings. The summed E-state index contributed by atoms with van der Waals surface area (Å²) in [6.45, 7) is 0. The number of aliphatic carboxylic acids is 1. The summed E-state index contributed by atoms with van der Waals surface area (Å²) >= 11 is 0. The number of carbonyl (C=O) groups excluding carboxylic acids is 1. The Morgan fingerprint density at radius 2 is 1.44 bits per heavy atom. The second-order valence-corrected chi connectivity index (χ2v) is 5.14. The van der Waals surface area contributed by atoms with Crippen LogP contribution in [0.4, 0.5) is 35.1 Å². The molecule has 0 aliphatic carbocycles. The lowest BCUT2D eigenvalue weighted by Gasteiger charge is -2.37. The van der Waals surface area contributed by atoms with Gasteiger partial charge in [0.1, 0.15) is 0 Å². The zero-order chi connectivity index (χ0) is 21.1. The summed E-state index contributed by atoms with van der Waals surface area (Å²) in [5.74, 6) is -10.3. The van der Waals surface area contributed by atoms with Crippen molar-refractivity contribution >= 4 is 11.9 Å². The maximum atomic E-state index is 14.8. The van der Waals surface area contributed by atoms with E-state index in [1.165, 1.54) is 0 Å². The molecule has 27 heavy (non-hydrogen) atoms. The molecule has 4 nitrogen and oxygen atoms in total. The van der Waals surface area contributed by atoms with Gasteiger partial charge in [-0.25, -0.2) is 14.0 Å². The summed E-state index contributed by atoms with van der Waals surface area (Å²) in [6.07, 6.45) is -14.9. The highest BCUT2D eigenvalue weighted by molar-refractivity contribution is 5.90. The Labute approximate surface area is 146 Å². The van der Waals surface area contributed by atoms with E-state index < -0.39 is 47.8 Å². The predicted octanol–water partition coefficient (Wildman–Crippen LogP) is 4.22. The summed E-state index contributed by atoms with van der Waals surface area (Å²) in [5, 5.41) is 8.21. The largest absolute Gasteiger partial charge is 0.478 e. The number of ether oxygens (including phenoxy) is 1. The number of hydrogen-bond acceptors (Lipinski definition) is 3. The number of hydrogen-bond donors (Lipinski definition) is 1. The zero-order valence-electron chi connectivity index (χ0n) is 12.9. The molecule has 150 valence electrons. The predicted molar refractivity (Wildman–Crippen MR) is 72.7 cm³/mol. The lowest BCUT2D eigenvalue weighted by atomic mass is 9.85. The average molecular weight is 406 g/mol. The molecule has 0 saturated carbocycles. The minimum atomic E-state index is -6.16. The summed E-state index contributed by atoms with van der Waals surface area (Å²) in [5.41, 5.74) is -6.42. The first-order chi connectivity index (χ1) is 12.1. The van der Waals surface area contributed by atoms with Gasteiger partial charge in [0, 0.05) is 12.2 Å². The van der Waals surface area contributed by atoms with Crippen LogP contribution in [-0.4, -0.2) is 35.3 Å². The van der Waals surface area contributed by atoms with Crippen LogP contribution in [-0.2, 0) is 20.0 Å². The Morgan fingerprint density at radius 1 is 0.926 bits per heavy atom. The van der Waals surface area contributed by atoms with Crippen molar-refractivity contribution in [1.82, 2.24) is 0 Å². The lowest BCUT2D eigenvalue weighted by molar-refractivity contribution is -0.374. The molecule has 0 saturated heterocycles. The fraction of sp³-hybridized carbons (Fsp3) is 0.333. The van der Waals surface area contributed by atoms with Gasteiger partial charge in [0.2, 0.25) is 5.67 Å². The van der Waals surface area contributed by atoms with Crippen LogP contribution in [0.2, 0.25) is 0 Å². The Balaban J connectivity index is 3.37. The van der Waals surface area contributed by atoms with Crippen molar-refractivity contribution in [3.63, 3.8) is 0 Å². The Bertz CT molecular complexity index is 714. The molecule has 1 N–H and O–H groups in total. The van der Waals surface area contributed by atoms with Gasteiger partial charge in [-0.3, -0.25) is 0 Å². The highest BCUT2D eigenvalue weighted by atomic mass is 19.4. The standard InChI is InChI=1S/C15H10F8O4/c16-12(8-13(17,18)19,9-4-2-1-3-5-9)14(20,21)15(22,23)27-11(26)7-6-10(24)25/h1-7H,8H2,(H,24,25)/b7-6+. The molecule has 1 rings (SSSR count). The van der Waals surface area contributed by atoms with E-state index in [9.17, 15) is 44.7 Å². The van der Waals surface area contributed by atoms with Gasteiger partial charge in [-0.2, -0.15) is 30.7 Å². The van der Waals surface area contributed by atoms with Gasteiger partial charge in [-0.15, -0.1) is 0 Å². The van der Waals surface area contributed by atoms with E-state index in [1.807, 2.05) is 0 Å². The molecule has 0 radical (unpaired) electrons. The second-order valence-electron chi connectivity index (χ2n) is 5.14. The average Bonchev–Trinajstić information content (AvgIpc) is 2.51. The van der Waals surface area contributed by atoms with Crippen molar-refractivity contribution in [2.75, 3.05) is 0 Å². The van der Waals surface area contributed by atoms with Crippen LogP contribution in [0.3, 0.4) is 0 Å². The van der Waals surface area contributed by atoms with E-state index in [0.29, 0.717) is 12.1 Å². The highest BCUT2D eigenvalue weighted by Gasteiger charge is 2.75. The zero-order valence-corrected chi connectivity index (χ0v) is 12.9. The maximum absolute atomic E-state index is 14.8. The van der Waals surface area contributed by atoms with E-state index >= 15 is 0 Å². The second kappa shape index (κ2) is 7.53. The molecule has 0 aliphatic rings. The van der Waals surface area contributed by atoms with Gasteiger partial charge < -0.3 is 9.84 Å². The molecule has 0 aromatic heterocycles. The summed E-state index contributed by atoms with van der Waals surface area (Å²) in [6, 6.07) is 3.67.